The first-order valence-electron chi connectivity index (χ1n) is 13.0. The van der Waals surface area contributed by atoms with Crippen molar-refractivity contribution in [3.05, 3.63) is 39.3 Å². The van der Waals surface area contributed by atoms with Crippen LogP contribution in [0.4, 0.5) is 0 Å². The van der Waals surface area contributed by atoms with Gasteiger partial charge in [0, 0.05) is 31.6 Å². The first-order valence-corrected chi connectivity index (χ1v) is 13.0. The molecule has 1 saturated carbocycles. The molecule has 2 fully saturated rings. The van der Waals surface area contributed by atoms with Crippen LogP contribution in [0.15, 0.2) is 22.6 Å². The number of Topliss-reactive ketones (excluding diaryl/α,β-unsaturated/α-hetero) is 1. The van der Waals surface area contributed by atoms with Crippen molar-refractivity contribution < 1.29 is 19.7 Å². The molecule has 0 bridgehead atoms. The maximum atomic E-state index is 13.1. The van der Waals surface area contributed by atoms with E-state index in [4.69, 9.17) is 4.74 Å². The van der Waals surface area contributed by atoms with E-state index >= 15 is 0 Å². The molecule has 6 nitrogen and oxygen atoms in total. The van der Waals surface area contributed by atoms with Gasteiger partial charge < -0.3 is 19.5 Å². The minimum atomic E-state index is -1.32. The number of aromatic hydroxyl groups is 1. The van der Waals surface area contributed by atoms with Gasteiger partial charge in [-0.05, 0) is 62.4 Å². The van der Waals surface area contributed by atoms with Gasteiger partial charge in [-0.25, -0.2) is 0 Å². The molecule has 2 aliphatic rings. The van der Waals surface area contributed by atoms with Crippen molar-refractivity contribution in [1.29, 1.82) is 0 Å². The average molecular weight is 474 g/mol. The third-order valence-electron chi connectivity index (χ3n) is 8.02. The molecule has 0 radical (unpaired) electrons. The number of pyridine rings is 1. The smallest absolute Gasteiger partial charge is 0.259 e. The molecule has 1 aromatic heterocycles. The lowest BCUT2D eigenvalue weighted by Crippen LogP contribution is -2.37. The van der Waals surface area contributed by atoms with E-state index < -0.39 is 11.7 Å². The summed E-state index contributed by atoms with van der Waals surface area (Å²) in [6.07, 6.45) is 7.99. The lowest BCUT2D eigenvalue weighted by Gasteiger charge is -2.37. The number of ketones is 1. The van der Waals surface area contributed by atoms with Crippen molar-refractivity contribution >= 4 is 5.78 Å². The number of aliphatic hydroxyl groups is 1. The Bertz CT molecular complexity index is 968. The third kappa shape index (κ3) is 5.65. The van der Waals surface area contributed by atoms with Gasteiger partial charge in [-0.1, -0.05) is 40.2 Å². The van der Waals surface area contributed by atoms with Crippen LogP contribution in [0.5, 0.6) is 5.75 Å². The van der Waals surface area contributed by atoms with E-state index in [-0.39, 0.29) is 54.4 Å². The molecule has 34 heavy (non-hydrogen) atoms. The van der Waals surface area contributed by atoms with Crippen molar-refractivity contribution in [3.63, 3.8) is 0 Å². The fourth-order valence-electron chi connectivity index (χ4n) is 5.72. The number of allylic oxidation sites excluding steroid dienone is 1. The number of rotatable bonds is 7. The number of carbonyl (C=O) groups is 1. The van der Waals surface area contributed by atoms with E-state index in [0.717, 1.165) is 19.3 Å². The molecule has 6 heteroatoms. The van der Waals surface area contributed by atoms with Crippen molar-refractivity contribution in [3.8, 4) is 5.75 Å². The minimum absolute atomic E-state index is 0.117. The van der Waals surface area contributed by atoms with Gasteiger partial charge in [-0.2, -0.15) is 0 Å². The number of aromatic nitrogens is 1. The summed E-state index contributed by atoms with van der Waals surface area (Å²) in [4.78, 5) is 24.9. The second-order valence-electron chi connectivity index (χ2n) is 11.0. The van der Waals surface area contributed by atoms with Crippen LogP contribution in [-0.4, -0.2) is 26.7 Å². The predicted octanol–water partition coefficient (Wildman–Crippen LogP) is 5.30. The average Bonchev–Trinajstić information content (AvgIpc) is 2.79. The Balaban J connectivity index is 1.91. The Morgan fingerprint density at radius 2 is 1.91 bits per heavy atom. The summed E-state index contributed by atoms with van der Waals surface area (Å²) >= 11 is 0. The highest BCUT2D eigenvalue weighted by molar-refractivity contribution is 5.79. The molecule has 1 aromatic rings. The molecule has 2 unspecified atom stereocenters. The number of ether oxygens (including phenoxy) is 1. The zero-order valence-corrected chi connectivity index (χ0v) is 21.8. The van der Waals surface area contributed by atoms with Crippen molar-refractivity contribution in [2.45, 2.75) is 104 Å². The first kappa shape index (κ1) is 26.7. The topological polar surface area (TPSA) is 88.8 Å². The fraction of sp³-hybridized carbons (Fsp3) is 0.714. The van der Waals surface area contributed by atoms with Crippen LogP contribution >= 0.6 is 0 Å². The van der Waals surface area contributed by atoms with Crippen molar-refractivity contribution in [2.24, 2.45) is 24.8 Å². The maximum absolute atomic E-state index is 13.1. The molecule has 2 N–H and O–H groups in total. The Labute approximate surface area is 204 Å². The van der Waals surface area contributed by atoms with Crippen LogP contribution in [0, 0.1) is 17.8 Å². The number of hydrogen-bond donors (Lipinski definition) is 2. The molecular weight excluding hydrogens is 430 g/mol. The molecule has 2 heterocycles. The van der Waals surface area contributed by atoms with Crippen LogP contribution in [0.25, 0.3) is 0 Å². The first-order chi connectivity index (χ1) is 16.0. The SMILES string of the molecule is CCC(C)CC(C)/C=C(/C)[C@@H]1O[C@H](c2c(O)c(C3(O)CCC(=O)CC3)cn(C)c2=O)CC[C@H]1C. The molecule has 0 spiro atoms. The van der Waals surface area contributed by atoms with Crippen LogP contribution < -0.4 is 5.56 Å². The van der Waals surface area contributed by atoms with Crippen LogP contribution in [-0.2, 0) is 22.2 Å². The molecular formula is C28H43NO5. The molecule has 1 saturated heterocycles. The van der Waals surface area contributed by atoms with Crippen LogP contribution in [0.3, 0.4) is 0 Å². The fourth-order valence-corrected chi connectivity index (χ4v) is 5.72. The van der Waals surface area contributed by atoms with Crippen molar-refractivity contribution in [1.82, 2.24) is 4.57 Å². The molecule has 190 valence electrons. The van der Waals surface area contributed by atoms with Crippen molar-refractivity contribution in [2.75, 3.05) is 0 Å². The summed E-state index contributed by atoms with van der Waals surface area (Å²) in [5.74, 6) is 1.36. The number of hydrogen-bond acceptors (Lipinski definition) is 5. The zero-order chi connectivity index (χ0) is 25.2. The summed E-state index contributed by atoms with van der Waals surface area (Å²) in [5, 5.41) is 22.5. The zero-order valence-electron chi connectivity index (χ0n) is 21.8. The van der Waals surface area contributed by atoms with Gasteiger partial charge in [-0.3, -0.25) is 9.59 Å². The lowest BCUT2D eigenvalue weighted by molar-refractivity contribution is -0.125. The van der Waals surface area contributed by atoms with E-state index in [2.05, 4.69) is 40.7 Å². The molecule has 0 amide bonds. The normalized spacial score (nSPS) is 27.4. The predicted molar refractivity (Wildman–Crippen MR) is 134 cm³/mol. The van der Waals surface area contributed by atoms with Crippen LogP contribution in [0.2, 0.25) is 0 Å². The molecule has 1 aliphatic carbocycles. The number of nitrogens with zero attached hydrogens (tertiary/aromatic N) is 1. The van der Waals surface area contributed by atoms with Gasteiger partial charge in [0.25, 0.3) is 5.56 Å². The van der Waals surface area contributed by atoms with E-state index in [9.17, 15) is 19.8 Å². The van der Waals surface area contributed by atoms with Gasteiger partial charge in [0.1, 0.15) is 11.5 Å². The highest BCUT2D eigenvalue weighted by Gasteiger charge is 2.40. The Kier molecular flexibility index (Phi) is 8.46. The number of carbonyl (C=O) groups excluding carboxylic acids is 1. The van der Waals surface area contributed by atoms with E-state index in [1.54, 1.807) is 7.05 Å². The van der Waals surface area contributed by atoms with E-state index in [1.165, 1.54) is 16.3 Å². The molecule has 0 aromatic carbocycles. The molecule has 3 rings (SSSR count). The second kappa shape index (κ2) is 10.8. The minimum Gasteiger partial charge on any atom is -0.507 e. The molecule has 1 aliphatic heterocycles. The Morgan fingerprint density at radius 3 is 2.53 bits per heavy atom. The standard InChI is InChI=1S/C28H43NO5/c1-7-17(2)14-18(3)15-20(5)26-19(4)8-9-23(34-26)24-25(31)22(16-29(6)27(24)32)28(33)12-10-21(30)11-13-28/h15-19,23,26,31,33H,7-14H2,1-6H3/b20-15-/t17?,18?,19-,23+,26-/m1/s1. The molecule has 5 atom stereocenters. The van der Waals surface area contributed by atoms with Gasteiger partial charge in [0.05, 0.1) is 23.4 Å². The largest absolute Gasteiger partial charge is 0.507 e. The van der Waals surface area contributed by atoms with Gasteiger partial charge in [0.2, 0.25) is 0 Å². The highest BCUT2D eigenvalue weighted by Crippen LogP contribution is 2.44. The monoisotopic (exact) mass is 473 g/mol. The Morgan fingerprint density at radius 1 is 1.26 bits per heavy atom. The third-order valence-corrected chi connectivity index (χ3v) is 8.02. The van der Waals surface area contributed by atoms with Gasteiger partial charge >= 0.3 is 0 Å². The van der Waals surface area contributed by atoms with Gasteiger partial charge in [0.15, 0.2) is 0 Å². The Hall–Kier alpha value is -1.92. The maximum Gasteiger partial charge on any atom is 0.259 e. The van der Waals surface area contributed by atoms with Gasteiger partial charge in [-0.15, -0.1) is 0 Å². The summed E-state index contributed by atoms with van der Waals surface area (Å²) in [7, 11) is 1.64. The van der Waals surface area contributed by atoms with E-state index in [0.29, 0.717) is 29.7 Å². The second-order valence-corrected chi connectivity index (χ2v) is 11.0. The quantitative estimate of drug-likeness (QED) is 0.525. The summed E-state index contributed by atoms with van der Waals surface area (Å²) in [6, 6.07) is 0. The van der Waals surface area contributed by atoms with Crippen LogP contribution in [0.1, 0.15) is 103 Å². The van der Waals surface area contributed by atoms with E-state index in [1.807, 2.05) is 0 Å². The highest BCUT2D eigenvalue weighted by atomic mass is 16.5. The summed E-state index contributed by atoms with van der Waals surface area (Å²) in [6.45, 7) is 11.0. The summed E-state index contributed by atoms with van der Waals surface area (Å²) in [5.41, 5.74) is 0.0977. The lowest BCUT2D eigenvalue weighted by atomic mass is 9.78. The summed E-state index contributed by atoms with van der Waals surface area (Å²) < 4.78 is 7.93. The number of aryl methyl sites for hydroxylation is 1.